The first-order valence-corrected chi connectivity index (χ1v) is 7.11. The minimum absolute atomic E-state index is 0.0319. The first kappa shape index (κ1) is 15.0. The van der Waals surface area contributed by atoms with Crippen LogP contribution in [0, 0.1) is 6.92 Å². The molecule has 2 aromatic rings. The summed E-state index contributed by atoms with van der Waals surface area (Å²) in [4.78, 5) is 27.5. The van der Waals surface area contributed by atoms with Gasteiger partial charge in [0.25, 0.3) is 0 Å². The third-order valence-corrected chi connectivity index (χ3v) is 3.55. The van der Waals surface area contributed by atoms with Gasteiger partial charge in [0.2, 0.25) is 0 Å². The Morgan fingerprint density at radius 1 is 1.29 bits per heavy atom. The lowest BCUT2D eigenvalue weighted by Gasteiger charge is -2.07. The van der Waals surface area contributed by atoms with E-state index in [4.69, 9.17) is 5.11 Å². The molecule has 2 amide bonds. The lowest BCUT2D eigenvalue weighted by molar-refractivity contribution is -0.136. The van der Waals surface area contributed by atoms with Crippen LogP contribution in [0.1, 0.15) is 15.4 Å². The third kappa shape index (κ3) is 4.88. The highest BCUT2D eigenvalue weighted by Crippen LogP contribution is 2.12. The van der Waals surface area contributed by atoms with Gasteiger partial charge in [0.1, 0.15) is 5.01 Å². The zero-order valence-corrected chi connectivity index (χ0v) is 12.2. The molecule has 21 heavy (non-hydrogen) atoms. The highest BCUT2D eigenvalue weighted by Gasteiger charge is 2.05. The van der Waals surface area contributed by atoms with Gasteiger partial charge in [-0.25, -0.2) is 9.78 Å². The van der Waals surface area contributed by atoms with Gasteiger partial charge < -0.3 is 15.7 Å². The van der Waals surface area contributed by atoms with Crippen LogP contribution in [-0.2, 0) is 17.8 Å². The van der Waals surface area contributed by atoms with Crippen LogP contribution in [0.4, 0.5) is 10.5 Å². The van der Waals surface area contributed by atoms with Crippen LogP contribution < -0.4 is 10.6 Å². The molecule has 0 aliphatic heterocycles. The molecule has 110 valence electrons. The van der Waals surface area contributed by atoms with Crippen LogP contribution in [0.5, 0.6) is 0 Å². The number of rotatable bonds is 5. The number of aryl methyl sites for hydroxylation is 1. The monoisotopic (exact) mass is 305 g/mol. The highest BCUT2D eigenvalue weighted by atomic mass is 32.1. The van der Waals surface area contributed by atoms with Crippen LogP contribution in [0.25, 0.3) is 0 Å². The first-order valence-electron chi connectivity index (χ1n) is 6.30. The van der Waals surface area contributed by atoms with Crippen molar-refractivity contribution in [3.8, 4) is 0 Å². The molecular formula is C14H15N3O3S. The fourth-order valence-corrected chi connectivity index (χ4v) is 2.42. The Morgan fingerprint density at radius 3 is 2.57 bits per heavy atom. The summed E-state index contributed by atoms with van der Waals surface area (Å²) in [7, 11) is 0. The van der Waals surface area contributed by atoms with E-state index in [1.165, 1.54) is 11.3 Å². The number of amides is 2. The molecule has 6 nitrogen and oxygen atoms in total. The zero-order valence-electron chi connectivity index (χ0n) is 11.4. The minimum atomic E-state index is -0.882. The third-order valence-electron chi connectivity index (χ3n) is 2.64. The maximum atomic E-state index is 11.7. The number of thiazole rings is 1. The first-order chi connectivity index (χ1) is 10.0. The van der Waals surface area contributed by atoms with Gasteiger partial charge in [-0.2, -0.15) is 0 Å². The number of carboxylic acids is 1. The number of nitrogens with one attached hydrogen (secondary N) is 2. The smallest absolute Gasteiger partial charge is 0.319 e. The molecule has 0 aliphatic rings. The van der Waals surface area contributed by atoms with Crippen molar-refractivity contribution in [3.63, 3.8) is 0 Å². The van der Waals surface area contributed by atoms with Crippen molar-refractivity contribution < 1.29 is 14.7 Å². The molecule has 3 N–H and O–H groups in total. The summed E-state index contributed by atoms with van der Waals surface area (Å²) in [6, 6.07) is 6.37. The van der Waals surface area contributed by atoms with Crippen molar-refractivity contribution >= 4 is 29.0 Å². The Hall–Kier alpha value is -2.41. The van der Waals surface area contributed by atoms with E-state index in [1.807, 2.05) is 6.92 Å². The quantitative estimate of drug-likeness (QED) is 0.791. The molecule has 0 spiro atoms. The Morgan fingerprint density at radius 2 is 2.00 bits per heavy atom. The van der Waals surface area contributed by atoms with Gasteiger partial charge in [-0.3, -0.25) is 4.79 Å². The summed E-state index contributed by atoms with van der Waals surface area (Å²) >= 11 is 1.53. The van der Waals surface area contributed by atoms with Gasteiger partial charge in [-0.1, -0.05) is 12.1 Å². The molecule has 0 saturated carbocycles. The van der Waals surface area contributed by atoms with Gasteiger partial charge in [0.05, 0.1) is 13.0 Å². The second-order valence-electron chi connectivity index (χ2n) is 4.44. The lowest BCUT2D eigenvalue weighted by atomic mass is 10.1. The van der Waals surface area contributed by atoms with Gasteiger partial charge >= 0.3 is 12.0 Å². The zero-order chi connectivity index (χ0) is 15.2. The molecule has 0 radical (unpaired) electrons. The standard InChI is InChI=1S/C14H15N3O3S/c1-9-7-15-12(21-9)8-16-14(20)17-11-4-2-10(3-5-11)6-13(18)19/h2-5,7H,6,8H2,1H3,(H,18,19)(H2,16,17,20). The van der Waals surface area contributed by atoms with Gasteiger partial charge in [0.15, 0.2) is 0 Å². The predicted molar refractivity (Wildman–Crippen MR) is 80.5 cm³/mol. The molecule has 0 bridgehead atoms. The molecule has 0 unspecified atom stereocenters. The number of carbonyl (C=O) groups excluding carboxylic acids is 1. The number of nitrogens with zero attached hydrogens (tertiary/aromatic N) is 1. The van der Waals surface area contributed by atoms with Crippen LogP contribution in [-0.4, -0.2) is 22.1 Å². The van der Waals surface area contributed by atoms with Crippen molar-refractivity contribution in [3.05, 3.63) is 45.9 Å². The van der Waals surface area contributed by atoms with Crippen LogP contribution in [0.2, 0.25) is 0 Å². The van der Waals surface area contributed by atoms with Crippen molar-refractivity contribution in [2.24, 2.45) is 0 Å². The Labute approximate surface area is 125 Å². The second kappa shape index (κ2) is 6.85. The summed E-state index contributed by atoms with van der Waals surface area (Å²) in [6.45, 7) is 2.33. The number of aliphatic carboxylic acids is 1. The number of aromatic nitrogens is 1. The molecule has 1 aromatic carbocycles. The molecule has 2 rings (SSSR count). The van der Waals surface area contributed by atoms with E-state index in [1.54, 1.807) is 30.5 Å². The number of urea groups is 1. The summed E-state index contributed by atoms with van der Waals surface area (Å²) in [6.07, 6.45) is 1.73. The molecule has 0 aliphatic carbocycles. The SMILES string of the molecule is Cc1cnc(CNC(=O)Nc2ccc(CC(=O)O)cc2)s1. The van der Waals surface area contributed by atoms with Crippen molar-refractivity contribution in [1.29, 1.82) is 0 Å². The number of hydrogen-bond acceptors (Lipinski definition) is 4. The van der Waals surface area contributed by atoms with Crippen molar-refractivity contribution in [1.82, 2.24) is 10.3 Å². The highest BCUT2D eigenvalue weighted by molar-refractivity contribution is 7.11. The Balaban J connectivity index is 1.83. The number of hydrogen-bond donors (Lipinski definition) is 3. The average Bonchev–Trinajstić information content (AvgIpc) is 2.84. The van der Waals surface area contributed by atoms with E-state index in [-0.39, 0.29) is 12.5 Å². The maximum absolute atomic E-state index is 11.7. The summed E-state index contributed by atoms with van der Waals surface area (Å²) in [5.41, 5.74) is 1.30. The van der Waals surface area contributed by atoms with Crippen LogP contribution in [0.3, 0.4) is 0 Å². The van der Waals surface area contributed by atoms with E-state index in [2.05, 4.69) is 15.6 Å². The van der Waals surface area contributed by atoms with E-state index >= 15 is 0 Å². The van der Waals surface area contributed by atoms with Gasteiger partial charge in [-0.05, 0) is 24.6 Å². The van der Waals surface area contributed by atoms with E-state index in [0.717, 1.165) is 9.88 Å². The molecule has 1 aromatic heterocycles. The topological polar surface area (TPSA) is 91.3 Å². The number of benzene rings is 1. The van der Waals surface area contributed by atoms with E-state index < -0.39 is 5.97 Å². The summed E-state index contributed by atoms with van der Waals surface area (Å²) in [5.74, 6) is -0.882. The normalized spacial score (nSPS) is 10.1. The fourth-order valence-electron chi connectivity index (χ4n) is 1.69. The second-order valence-corrected chi connectivity index (χ2v) is 5.76. The number of carboxylic acid groups (broad SMARTS) is 1. The average molecular weight is 305 g/mol. The minimum Gasteiger partial charge on any atom is -0.481 e. The van der Waals surface area contributed by atoms with Crippen molar-refractivity contribution in [2.75, 3.05) is 5.32 Å². The van der Waals surface area contributed by atoms with E-state index in [0.29, 0.717) is 17.8 Å². The van der Waals surface area contributed by atoms with E-state index in [9.17, 15) is 9.59 Å². The van der Waals surface area contributed by atoms with Crippen LogP contribution in [0.15, 0.2) is 30.5 Å². The largest absolute Gasteiger partial charge is 0.481 e. The fraction of sp³-hybridized carbons (Fsp3) is 0.214. The van der Waals surface area contributed by atoms with Gasteiger partial charge in [-0.15, -0.1) is 11.3 Å². The molecular weight excluding hydrogens is 290 g/mol. The molecule has 0 saturated heterocycles. The summed E-state index contributed by atoms with van der Waals surface area (Å²) < 4.78 is 0. The van der Waals surface area contributed by atoms with Crippen LogP contribution >= 0.6 is 11.3 Å². The molecule has 0 fully saturated rings. The molecule has 7 heteroatoms. The molecule has 1 heterocycles. The van der Waals surface area contributed by atoms with Crippen molar-refractivity contribution in [2.45, 2.75) is 19.9 Å². The lowest BCUT2D eigenvalue weighted by Crippen LogP contribution is -2.28. The predicted octanol–water partition coefficient (Wildman–Crippen LogP) is 2.40. The summed E-state index contributed by atoms with van der Waals surface area (Å²) in [5, 5.41) is 14.9. The Kier molecular flexibility index (Phi) is 4.89. The number of carbonyl (C=O) groups is 2. The Bertz CT molecular complexity index is 637. The molecule has 0 atom stereocenters. The maximum Gasteiger partial charge on any atom is 0.319 e. The van der Waals surface area contributed by atoms with Gasteiger partial charge in [0, 0.05) is 16.8 Å². The number of anilines is 1.